The average Bonchev–Trinajstić information content (AvgIpc) is 2.62. The Morgan fingerprint density at radius 3 is 2.39 bits per heavy atom. The lowest BCUT2D eigenvalue weighted by atomic mass is 10.1. The van der Waals surface area contributed by atoms with E-state index in [0.717, 1.165) is 38.7 Å². The van der Waals surface area contributed by atoms with Crippen LogP contribution in [0.3, 0.4) is 0 Å². The Labute approximate surface area is 113 Å². The molecule has 1 aliphatic carbocycles. The molecule has 0 heterocycles. The molecule has 0 atom stereocenters. The lowest BCUT2D eigenvalue weighted by Crippen LogP contribution is -2.40. The van der Waals surface area contributed by atoms with Gasteiger partial charge in [-0.3, -0.25) is 4.79 Å². The Hall–Kier alpha value is -0.413. The van der Waals surface area contributed by atoms with E-state index in [1.807, 2.05) is 6.08 Å². The third kappa shape index (κ3) is 4.69. The standard InChI is InChI=1S/C15H28O2Si/c1-15(2,3)18(4,5)17-11-7-6-8-13-9-10-14(16)12-13/h12H,6-11H2,1-5H3. The molecule has 0 bridgehead atoms. The number of unbranched alkanes of at least 4 members (excludes halogenated alkanes) is 1. The number of rotatable bonds is 6. The van der Waals surface area contributed by atoms with E-state index in [1.165, 1.54) is 5.57 Å². The van der Waals surface area contributed by atoms with Gasteiger partial charge >= 0.3 is 0 Å². The lowest BCUT2D eigenvalue weighted by molar-refractivity contribution is -0.114. The maximum Gasteiger partial charge on any atom is 0.191 e. The molecule has 0 N–H and O–H groups in total. The predicted molar refractivity (Wildman–Crippen MR) is 79.3 cm³/mol. The van der Waals surface area contributed by atoms with E-state index >= 15 is 0 Å². The van der Waals surface area contributed by atoms with Gasteiger partial charge in [0.25, 0.3) is 0 Å². The first kappa shape index (κ1) is 15.6. The predicted octanol–water partition coefficient (Wildman–Crippen LogP) is 4.47. The summed E-state index contributed by atoms with van der Waals surface area (Å²) in [7, 11) is -1.57. The summed E-state index contributed by atoms with van der Waals surface area (Å²) in [6, 6.07) is 0. The molecule has 0 radical (unpaired) electrons. The Morgan fingerprint density at radius 2 is 1.89 bits per heavy atom. The highest BCUT2D eigenvalue weighted by Gasteiger charge is 2.36. The van der Waals surface area contributed by atoms with Crippen molar-refractivity contribution in [3.05, 3.63) is 11.6 Å². The fraction of sp³-hybridized carbons (Fsp3) is 0.800. The molecule has 18 heavy (non-hydrogen) atoms. The molecule has 0 amide bonds. The minimum atomic E-state index is -1.57. The molecule has 0 saturated heterocycles. The minimum absolute atomic E-state index is 0.299. The topological polar surface area (TPSA) is 26.3 Å². The number of hydrogen-bond donors (Lipinski definition) is 0. The summed E-state index contributed by atoms with van der Waals surface area (Å²) in [6.07, 6.45) is 6.89. The molecular formula is C15H28O2Si. The highest BCUT2D eigenvalue weighted by atomic mass is 28.4. The van der Waals surface area contributed by atoms with Gasteiger partial charge in [0.2, 0.25) is 0 Å². The summed E-state index contributed by atoms with van der Waals surface area (Å²) in [5.41, 5.74) is 1.34. The molecule has 0 saturated carbocycles. The van der Waals surface area contributed by atoms with Crippen molar-refractivity contribution in [3.63, 3.8) is 0 Å². The number of allylic oxidation sites excluding steroid dienone is 2. The van der Waals surface area contributed by atoms with Crippen LogP contribution in [0.25, 0.3) is 0 Å². The van der Waals surface area contributed by atoms with E-state index < -0.39 is 8.32 Å². The van der Waals surface area contributed by atoms with Gasteiger partial charge in [-0.1, -0.05) is 26.3 Å². The zero-order chi connectivity index (χ0) is 13.8. The number of hydrogen-bond acceptors (Lipinski definition) is 2. The molecule has 0 unspecified atom stereocenters. The summed E-state index contributed by atoms with van der Waals surface area (Å²) in [5.74, 6) is 0.308. The van der Waals surface area contributed by atoms with E-state index in [1.54, 1.807) is 0 Å². The quantitative estimate of drug-likeness (QED) is 0.525. The van der Waals surface area contributed by atoms with Gasteiger partial charge in [-0.2, -0.15) is 0 Å². The maximum atomic E-state index is 11.1. The summed E-state index contributed by atoms with van der Waals surface area (Å²) in [6.45, 7) is 12.3. The number of carbonyl (C=O) groups excluding carboxylic acids is 1. The molecule has 1 aliphatic rings. The van der Waals surface area contributed by atoms with Crippen molar-refractivity contribution in [2.45, 2.75) is 71.0 Å². The lowest BCUT2D eigenvalue weighted by Gasteiger charge is -2.36. The number of carbonyl (C=O) groups is 1. The second-order valence-corrected chi connectivity index (χ2v) is 11.6. The van der Waals surface area contributed by atoms with Crippen LogP contribution in [0.4, 0.5) is 0 Å². The normalized spacial score (nSPS) is 17.2. The zero-order valence-corrected chi connectivity index (χ0v) is 13.6. The van der Waals surface area contributed by atoms with Gasteiger partial charge in [-0.25, -0.2) is 0 Å². The Morgan fingerprint density at radius 1 is 1.22 bits per heavy atom. The van der Waals surface area contributed by atoms with Crippen molar-refractivity contribution in [1.82, 2.24) is 0 Å². The molecule has 3 heteroatoms. The molecule has 0 aromatic heterocycles. The van der Waals surface area contributed by atoms with Crippen LogP contribution in [0.1, 0.15) is 52.9 Å². The van der Waals surface area contributed by atoms with Gasteiger partial charge in [0.15, 0.2) is 14.1 Å². The van der Waals surface area contributed by atoms with E-state index in [2.05, 4.69) is 33.9 Å². The van der Waals surface area contributed by atoms with Crippen LogP contribution in [0.15, 0.2) is 11.6 Å². The molecule has 2 nitrogen and oxygen atoms in total. The Bertz CT molecular complexity index is 324. The molecule has 104 valence electrons. The first-order valence-corrected chi connectivity index (χ1v) is 9.99. The van der Waals surface area contributed by atoms with Crippen LogP contribution in [-0.2, 0) is 9.22 Å². The highest BCUT2D eigenvalue weighted by molar-refractivity contribution is 6.74. The third-order valence-electron chi connectivity index (χ3n) is 4.22. The van der Waals surface area contributed by atoms with Gasteiger partial charge in [0.05, 0.1) is 0 Å². The summed E-state index contributed by atoms with van der Waals surface area (Å²) in [5, 5.41) is 0.299. The summed E-state index contributed by atoms with van der Waals surface area (Å²) in [4.78, 5) is 11.1. The van der Waals surface area contributed by atoms with Crippen LogP contribution in [0.5, 0.6) is 0 Å². The minimum Gasteiger partial charge on any atom is -0.417 e. The average molecular weight is 268 g/mol. The second-order valence-electron chi connectivity index (χ2n) is 6.83. The van der Waals surface area contributed by atoms with Crippen LogP contribution < -0.4 is 0 Å². The summed E-state index contributed by atoms with van der Waals surface area (Å²) >= 11 is 0. The summed E-state index contributed by atoms with van der Waals surface area (Å²) < 4.78 is 6.13. The smallest absolute Gasteiger partial charge is 0.191 e. The maximum absolute atomic E-state index is 11.1. The van der Waals surface area contributed by atoms with E-state index in [-0.39, 0.29) is 0 Å². The molecular weight excluding hydrogens is 240 g/mol. The van der Waals surface area contributed by atoms with Crippen molar-refractivity contribution in [2.24, 2.45) is 0 Å². The molecule has 1 rings (SSSR count). The van der Waals surface area contributed by atoms with Crippen LogP contribution in [-0.4, -0.2) is 20.7 Å². The number of ketones is 1. The zero-order valence-electron chi connectivity index (χ0n) is 12.6. The third-order valence-corrected chi connectivity index (χ3v) is 8.76. The van der Waals surface area contributed by atoms with Crippen molar-refractivity contribution < 1.29 is 9.22 Å². The fourth-order valence-electron chi connectivity index (χ4n) is 1.85. The largest absolute Gasteiger partial charge is 0.417 e. The van der Waals surface area contributed by atoms with Gasteiger partial charge in [-0.15, -0.1) is 0 Å². The molecule has 0 fully saturated rings. The fourth-order valence-corrected chi connectivity index (χ4v) is 2.94. The van der Waals surface area contributed by atoms with Crippen LogP contribution in [0.2, 0.25) is 18.1 Å². The SMILES string of the molecule is CC(C)(C)[Si](C)(C)OCCCCC1=CC(=O)CC1. The van der Waals surface area contributed by atoms with Crippen molar-refractivity contribution in [2.75, 3.05) is 6.61 Å². The van der Waals surface area contributed by atoms with E-state index in [0.29, 0.717) is 10.8 Å². The first-order valence-electron chi connectivity index (χ1n) is 7.08. The van der Waals surface area contributed by atoms with Crippen LogP contribution >= 0.6 is 0 Å². The van der Waals surface area contributed by atoms with Crippen LogP contribution in [0, 0.1) is 0 Å². The molecule has 0 aromatic rings. The Balaban J connectivity index is 2.16. The van der Waals surface area contributed by atoms with Gasteiger partial charge in [0, 0.05) is 13.0 Å². The Kier molecular flexibility index (Phi) is 5.35. The monoisotopic (exact) mass is 268 g/mol. The molecule has 0 aromatic carbocycles. The van der Waals surface area contributed by atoms with Crippen molar-refractivity contribution >= 4 is 14.1 Å². The van der Waals surface area contributed by atoms with E-state index in [9.17, 15) is 4.79 Å². The van der Waals surface area contributed by atoms with Crippen molar-refractivity contribution in [3.8, 4) is 0 Å². The van der Waals surface area contributed by atoms with Gasteiger partial charge in [0.1, 0.15) is 0 Å². The first-order chi connectivity index (χ1) is 8.22. The van der Waals surface area contributed by atoms with E-state index in [4.69, 9.17) is 4.43 Å². The molecule has 0 aliphatic heterocycles. The van der Waals surface area contributed by atoms with Gasteiger partial charge in [-0.05, 0) is 49.9 Å². The van der Waals surface area contributed by atoms with Gasteiger partial charge < -0.3 is 4.43 Å². The highest BCUT2D eigenvalue weighted by Crippen LogP contribution is 2.36. The second kappa shape index (κ2) is 6.16. The molecule has 0 spiro atoms. The van der Waals surface area contributed by atoms with Crippen molar-refractivity contribution in [1.29, 1.82) is 0 Å².